The summed E-state index contributed by atoms with van der Waals surface area (Å²) in [6.45, 7) is 4.68. The van der Waals surface area contributed by atoms with Crippen molar-refractivity contribution < 1.29 is 13.5 Å². The van der Waals surface area contributed by atoms with Gasteiger partial charge in [0.15, 0.2) is 0 Å². The molecule has 17 heavy (non-hydrogen) atoms. The summed E-state index contributed by atoms with van der Waals surface area (Å²) in [7, 11) is 0. The third-order valence-corrected chi connectivity index (χ3v) is 2.95. The van der Waals surface area contributed by atoms with Crippen LogP contribution in [-0.2, 0) is 4.74 Å². The molecule has 2 rings (SSSR count). The fourth-order valence-electron chi connectivity index (χ4n) is 2.11. The van der Waals surface area contributed by atoms with Gasteiger partial charge >= 0.3 is 0 Å². The quantitative estimate of drug-likeness (QED) is 0.876. The highest BCUT2D eigenvalue weighted by atomic mass is 19.1. The van der Waals surface area contributed by atoms with E-state index >= 15 is 0 Å². The van der Waals surface area contributed by atoms with Crippen molar-refractivity contribution in [3.63, 3.8) is 0 Å². The Morgan fingerprint density at radius 3 is 2.47 bits per heavy atom. The summed E-state index contributed by atoms with van der Waals surface area (Å²) in [4.78, 5) is 0. The number of hydrogen-bond acceptors (Lipinski definition) is 2. The fraction of sp³-hybridized carbons (Fsp3) is 0.538. The minimum atomic E-state index is -0.569. The van der Waals surface area contributed by atoms with Crippen LogP contribution in [-0.4, -0.2) is 18.2 Å². The van der Waals surface area contributed by atoms with Crippen LogP contribution < -0.4 is 5.32 Å². The zero-order valence-corrected chi connectivity index (χ0v) is 10.1. The molecule has 0 spiro atoms. The third kappa shape index (κ3) is 3.40. The highest BCUT2D eigenvalue weighted by molar-refractivity contribution is 5.43. The van der Waals surface area contributed by atoms with E-state index in [9.17, 15) is 8.78 Å². The molecule has 0 amide bonds. The Kier molecular flexibility index (Phi) is 3.33. The lowest BCUT2D eigenvalue weighted by atomic mass is 10.1. The largest absolute Gasteiger partial charge is 0.382 e. The van der Waals surface area contributed by atoms with E-state index in [4.69, 9.17) is 4.74 Å². The number of nitrogens with one attached hydrogen (secondary N) is 1. The molecule has 0 bridgehead atoms. The van der Waals surface area contributed by atoms with Crippen LogP contribution in [0.2, 0.25) is 0 Å². The van der Waals surface area contributed by atoms with Crippen molar-refractivity contribution in [3.05, 3.63) is 29.8 Å². The summed E-state index contributed by atoms with van der Waals surface area (Å²) < 4.78 is 31.7. The van der Waals surface area contributed by atoms with E-state index in [0.29, 0.717) is 12.2 Å². The van der Waals surface area contributed by atoms with Gasteiger partial charge < -0.3 is 10.1 Å². The Hall–Kier alpha value is -1.16. The molecule has 1 aromatic carbocycles. The van der Waals surface area contributed by atoms with E-state index in [-0.39, 0.29) is 11.7 Å². The summed E-state index contributed by atoms with van der Waals surface area (Å²) in [6.07, 6.45) is 2.09. The van der Waals surface area contributed by atoms with E-state index in [1.165, 1.54) is 12.1 Å². The van der Waals surface area contributed by atoms with Crippen molar-refractivity contribution in [1.82, 2.24) is 0 Å². The number of anilines is 1. The van der Waals surface area contributed by atoms with Crippen molar-refractivity contribution in [2.24, 2.45) is 0 Å². The molecule has 1 aliphatic rings. The molecule has 1 N–H and O–H groups in total. The average molecular weight is 241 g/mol. The smallest absolute Gasteiger partial charge is 0.128 e. The van der Waals surface area contributed by atoms with Gasteiger partial charge in [0, 0.05) is 18.3 Å². The second-order valence-electron chi connectivity index (χ2n) is 5.08. The van der Waals surface area contributed by atoms with Gasteiger partial charge in [-0.1, -0.05) is 0 Å². The maximum Gasteiger partial charge on any atom is 0.128 e. The van der Waals surface area contributed by atoms with Gasteiger partial charge in [-0.05, 0) is 38.8 Å². The van der Waals surface area contributed by atoms with Crippen LogP contribution in [0, 0.1) is 11.6 Å². The van der Waals surface area contributed by atoms with Crippen LogP contribution >= 0.6 is 0 Å². The molecular weight excluding hydrogens is 224 g/mol. The molecule has 1 saturated heterocycles. The number of hydrogen-bond donors (Lipinski definition) is 1. The van der Waals surface area contributed by atoms with E-state index in [1.807, 2.05) is 0 Å². The minimum Gasteiger partial charge on any atom is -0.382 e. The zero-order valence-electron chi connectivity index (χ0n) is 10.1. The number of benzene rings is 1. The van der Waals surface area contributed by atoms with Crippen molar-refractivity contribution in [2.45, 2.75) is 38.4 Å². The summed E-state index contributed by atoms with van der Waals surface area (Å²) >= 11 is 0. The SMILES string of the molecule is CC1(C)CCC(CNc2cc(F)cc(F)c2)O1. The Morgan fingerprint density at radius 1 is 1.29 bits per heavy atom. The standard InChI is InChI=1S/C13H17F2NO/c1-13(2)4-3-12(17-13)8-16-11-6-9(14)5-10(15)7-11/h5-7,12,16H,3-4,8H2,1-2H3. The lowest BCUT2D eigenvalue weighted by molar-refractivity contribution is -0.00911. The summed E-state index contributed by atoms with van der Waals surface area (Å²) in [5.41, 5.74) is 0.371. The second-order valence-corrected chi connectivity index (χ2v) is 5.08. The molecule has 0 radical (unpaired) electrons. The Labute approximate surface area is 100.0 Å². The van der Waals surface area contributed by atoms with Gasteiger partial charge in [0.1, 0.15) is 11.6 Å². The Balaban J connectivity index is 1.90. The van der Waals surface area contributed by atoms with Crippen LogP contribution in [0.5, 0.6) is 0 Å². The molecule has 1 unspecified atom stereocenters. The van der Waals surface area contributed by atoms with Gasteiger partial charge in [-0.3, -0.25) is 0 Å². The maximum atomic E-state index is 12.9. The third-order valence-electron chi connectivity index (χ3n) is 2.95. The lowest BCUT2D eigenvalue weighted by Crippen LogP contribution is -2.24. The van der Waals surface area contributed by atoms with Crippen LogP contribution in [0.1, 0.15) is 26.7 Å². The van der Waals surface area contributed by atoms with Crippen molar-refractivity contribution >= 4 is 5.69 Å². The minimum absolute atomic E-state index is 0.0838. The number of rotatable bonds is 3. The average Bonchev–Trinajstić information content (AvgIpc) is 2.54. The first-order valence-electron chi connectivity index (χ1n) is 5.82. The first-order chi connectivity index (χ1) is 7.94. The van der Waals surface area contributed by atoms with Crippen LogP contribution in [0.4, 0.5) is 14.5 Å². The maximum absolute atomic E-state index is 12.9. The molecule has 4 heteroatoms. The molecule has 1 fully saturated rings. The highest BCUT2D eigenvalue weighted by Crippen LogP contribution is 2.29. The molecule has 2 nitrogen and oxygen atoms in total. The van der Waals surface area contributed by atoms with E-state index in [0.717, 1.165) is 18.9 Å². The van der Waals surface area contributed by atoms with Crippen molar-refractivity contribution in [2.75, 3.05) is 11.9 Å². The van der Waals surface area contributed by atoms with Gasteiger partial charge in [0.05, 0.1) is 11.7 Å². The van der Waals surface area contributed by atoms with E-state index < -0.39 is 11.6 Å². The van der Waals surface area contributed by atoms with Gasteiger partial charge in [-0.15, -0.1) is 0 Å². The zero-order chi connectivity index (χ0) is 12.5. The monoisotopic (exact) mass is 241 g/mol. The van der Waals surface area contributed by atoms with Crippen LogP contribution in [0.25, 0.3) is 0 Å². The predicted molar refractivity (Wildman–Crippen MR) is 63.0 cm³/mol. The first-order valence-corrected chi connectivity index (χ1v) is 5.82. The van der Waals surface area contributed by atoms with Crippen LogP contribution in [0.3, 0.4) is 0 Å². The predicted octanol–water partition coefficient (Wildman–Crippen LogP) is 3.33. The lowest BCUT2D eigenvalue weighted by Gasteiger charge is -2.19. The van der Waals surface area contributed by atoms with Gasteiger partial charge in [-0.25, -0.2) is 8.78 Å². The van der Waals surface area contributed by atoms with Gasteiger partial charge in [-0.2, -0.15) is 0 Å². The molecule has 1 atom stereocenters. The Morgan fingerprint density at radius 2 is 1.94 bits per heavy atom. The van der Waals surface area contributed by atoms with Crippen molar-refractivity contribution in [1.29, 1.82) is 0 Å². The summed E-state index contributed by atoms with van der Waals surface area (Å²) in [5.74, 6) is -1.14. The number of ether oxygens (including phenoxy) is 1. The van der Waals surface area contributed by atoms with Gasteiger partial charge in [0.2, 0.25) is 0 Å². The second kappa shape index (κ2) is 4.61. The van der Waals surface area contributed by atoms with E-state index in [2.05, 4.69) is 19.2 Å². The topological polar surface area (TPSA) is 21.3 Å². The van der Waals surface area contributed by atoms with Crippen molar-refractivity contribution in [3.8, 4) is 0 Å². The molecular formula is C13H17F2NO. The molecule has 0 saturated carbocycles. The Bertz CT molecular complexity index is 386. The summed E-state index contributed by atoms with van der Waals surface area (Å²) in [6, 6.07) is 3.42. The molecule has 1 aromatic rings. The molecule has 1 heterocycles. The van der Waals surface area contributed by atoms with Crippen LogP contribution in [0.15, 0.2) is 18.2 Å². The fourth-order valence-corrected chi connectivity index (χ4v) is 2.11. The van der Waals surface area contributed by atoms with E-state index in [1.54, 1.807) is 0 Å². The molecule has 0 aliphatic carbocycles. The normalized spacial score (nSPS) is 22.7. The summed E-state index contributed by atoms with van der Waals surface area (Å²) in [5, 5.41) is 3.00. The molecule has 1 aliphatic heterocycles. The highest BCUT2D eigenvalue weighted by Gasteiger charge is 2.31. The first kappa shape index (κ1) is 12.3. The van der Waals surface area contributed by atoms with Gasteiger partial charge in [0.25, 0.3) is 0 Å². The number of halogens is 2. The molecule has 0 aromatic heterocycles. The molecule has 94 valence electrons.